The Balaban J connectivity index is 1.72. The molecule has 9 nitrogen and oxygen atoms in total. The van der Waals surface area contributed by atoms with Crippen LogP contribution in [0.25, 0.3) is 16.8 Å². The van der Waals surface area contributed by atoms with E-state index < -0.39 is 0 Å². The molecule has 0 saturated heterocycles. The molecule has 0 unspecified atom stereocenters. The zero-order valence-electron chi connectivity index (χ0n) is 20.6. The van der Waals surface area contributed by atoms with E-state index in [9.17, 15) is 4.79 Å². The van der Waals surface area contributed by atoms with Gasteiger partial charge in [0.2, 0.25) is 5.95 Å². The summed E-state index contributed by atoms with van der Waals surface area (Å²) in [7, 11) is 0. The van der Waals surface area contributed by atoms with E-state index in [1.54, 1.807) is 12.4 Å². The van der Waals surface area contributed by atoms with Crippen molar-refractivity contribution in [1.82, 2.24) is 19.5 Å². The molecule has 0 spiro atoms. The largest absolute Gasteiger partial charge is 0.493 e. The molecule has 0 atom stereocenters. The third-order valence-corrected chi connectivity index (χ3v) is 6.43. The maximum atomic E-state index is 13.8. The predicted molar refractivity (Wildman–Crippen MR) is 141 cm³/mol. The Hall–Kier alpha value is -3.46. The fourth-order valence-corrected chi connectivity index (χ4v) is 4.54. The smallest absolute Gasteiger partial charge is 0.263 e. The number of unbranched alkanes of at least 4 members (excludes halogenated alkanes) is 1. The summed E-state index contributed by atoms with van der Waals surface area (Å²) in [6.07, 6.45) is 9.53. The van der Waals surface area contributed by atoms with E-state index in [1.807, 2.05) is 23.6 Å². The lowest BCUT2D eigenvalue weighted by Crippen LogP contribution is -2.29. The fraction of sp³-hybridized carbons (Fsp3) is 0.462. The number of aromatic nitrogens is 4. The van der Waals surface area contributed by atoms with Crippen molar-refractivity contribution in [2.24, 2.45) is 5.73 Å². The zero-order valence-corrected chi connectivity index (χ0v) is 20.6. The molecule has 1 saturated carbocycles. The Bertz CT molecular complexity index is 1230. The molecule has 4 N–H and O–H groups in total. The molecule has 0 aliphatic heterocycles. The van der Waals surface area contributed by atoms with E-state index in [0.29, 0.717) is 48.4 Å². The minimum atomic E-state index is -0.0958. The lowest BCUT2D eigenvalue weighted by molar-refractivity contribution is 0.270. The van der Waals surface area contributed by atoms with Gasteiger partial charge in [-0.3, -0.25) is 9.36 Å². The second-order valence-electron chi connectivity index (χ2n) is 8.94. The minimum absolute atomic E-state index is 0.0958. The molecule has 186 valence electrons. The Morgan fingerprint density at radius 2 is 2.06 bits per heavy atom. The van der Waals surface area contributed by atoms with Crippen LogP contribution < -0.4 is 21.9 Å². The molecule has 1 aliphatic rings. The second-order valence-corrected chi connectivity index (χ2v) is 8.94. The van der Waals surface area contributed by atoms with Crippen LogP contribution in [0.5, 0.6) is 0 Å². The highest BCUT2D eigenvalue weighted by molar-refractivity contribution is 5.84. The van der Waals surface area contributed by atoms with Crippen LogP contribution in [0, 0.1) is 6.92 Å². The molecule has 9 heteroatoms. The summed E-state index contributed by atoms with van der Waals surface area (Å²) >= 11 is 0. The first-order chi connectivity index (χ1) is 17.0. The summed E-state index contributed by atoms with van der Waals surface area (Å²) in [5, 5.41) is 7.18. The summed E-state index contributed by atoms with van der Waals surface area (Å²) in [6.45, 7) is 9.87. The van der Waals surface area contributed by atoms with Crippen molar-refractivity contribution < 1.29 is 4.74 Å². The molecule has 3 aromatic heterocycles. The first-order valence-electron chi connectivity index (χ1n) is 12.4. The van der Waals surface area contributed by atoms with Crippen molar-refractivity contribution in [3.05, 3.63) is 52.6 Å². The number of hydrogen-bond acceptors (Lipinski definition) is 8. The highest BCUT2D eigenvalue weighted by atomic mass is 16.5. The molecule has 0 bridgehead atoms. The number of ether oxygens (including phenoxy) is 1. The van der Waals surface area contributed by atoms with Gasteiger partial charge in [0.15, 0.2) is 0 Å². The molecule has 4 rings (SSSR count). The summed E-state index contributed by atoms with van der Waals surface area (Å²) < 4.78 is 7.68. The number of nitrogens with two attached hydrogens (primary N) is 1. The summed E-state index contributed by atoms with van der Waals surface area (Å²) in [4.78, 5) is 27.5. The monoisotopic (exact) mass is 477 g/mol. The molecule has 0 radical (unpaired) electrons. The van der Waals surface area contributed by atoms with Crippen LogP contribution >= 0.6 is 0 Å². The van der Waals surface area contributed by atoms with Crippen LogP contribution in [0.4, 0.5) is 17.5 Å². The molecule has 1 fully saturated rings. The van der Waals surface area contributed by atoms with E-state index in [1.165, 1.54) is 0 Å². The van der Waals surface area contributed by atoms with Gasteiger partial charge < -0.3 is 21.1 Å². The summed E-state index contributed by atoms with van der Waals surface area (Å²) in [5.74, 6) is 1.43. The highest BCUT2D eigenvalue weighted by Crippen LogP contribution is 2.33. The van der Waals surface area contributed by atoms with Gasteiger partial charge >= 0.3 is 0 Å². The molecule has 35 heavy (non-hydrogen) atoms. The number of anilines is 3. The maximum absolute atomic E-state index is 13.8. The van der Waals surface area contributed by atoms with Crippen molar-refractivity contribution in [2.45, 2.75) is 58.4 Å². The van der Waals surface area contributed by atoms with Gasteiger partial charge in [0.1, 0.15) is 17.2 Å². The quantitative estimate of drug-likeness (QED) is 0.272. The fourth-order valence-electron chi connectivity index (χ4n) is 4.54. The number of hydrogen-bond donors (Lipinski definition) is 3. The van der Waals surface area contributed by atoms with E-state index in [-0.39, 0.29) is 11.6 Å². The second kappa shape index (κ2) is 11.3. The molecule has 0 amide bonds. The third kappa shape index (κ3) is 5.45. The Morgan fingerprint density at radius 1 is 1.26 bits per heavy atom. The lowest BCUT2D eigenvalue weighted by Gasteiger charge is -2.21. The number of aryl methyl sites for hydroxylation is 1. The SMILES string of the molecule is C=C(OCCCC)c1c(C)c2cnc(Nc3ccc(NCCN)cn3)nc2n(C2CCCC2)c1=O. The van der Waals surface area contributed by atoms with Crippen molar-refractivity contribution in [3.63, 3.8) is 0 Å². The van der Waals surface area contributed by atoms with Gasteiger partial charge in [-0.05, 0) is 43.9 Å². The van der Waals surface area contributed by atoms with Crippen molar-refractivity contribution in [2.75, 3.05) is 30.3 Å². The third-order valence-electron chi connectivity index (χ3n) is 6.43. The lowest BCUT2D eigenvalue weighted by atomic mass is 10.0. The molecule has 3 aromatic rings. The van der Waals surface area contributed by atoms with Gasteiger partial charge in [-0.2, -0.15) is 4.98 Å². The van der Waals surface area contributed by atoms with E-state index in [4.69, 9.17) is 15.5 Å². The number of fused-ring (bicyclic) bond motifs is 1. The average Bonchev–Trinajstić information content (AvgIpc) is 3.38. The van der Waals surface area contributed by atoms with Gasteiger partial charge in [-0.25, -0.2) is 9.97 Å². The Labute approximate surface area is 205 Å². The summed E-state index contributed by atoms with van der Waals surface area (Å²) in [6, 6.07) is 3.87. The van der Waals surface area contributed by atoms with Crippen LogP contribution in [-0.2, 0) is 4.74 Å². The Kier molecular flexibility index (Phi) is 7.97. The molecule has 0 aromatic carbocycles. The number of rotatable bonds is 11. The van der Waals surface area contributed by atoms with Gasteiger partial charge in [-0.1, -0.05) is 32.8 Å². The number of pyridine rings is 2. The van der Waals surface area contributed by atoms with E-state index >= 15 is 0 Å². The zero-order chi connectivity index (χ0) is 24.8. The Morgan fingerprint density at radius 3 is 2.74 bits per heavy atom. The molecular formula is C26H35N7O2. The van der Waals surface area contributed by atoms with Crippen molar-refractivity contribution in [1.29, 1.82) is 0 Å². The molecular weight excluding hydrogens is 442 g/mol. The minimum Gasteiger partial charge on any atom is -0.493 e. The van der Waals surface area contributed by atoms with Crippen molar-refractivity contribution in [3.8, 4) is 0 Å². The normalized spacial score (nSPS) is 13.8. The van der Waals surface area contributed by atoms with E-state index in [0.717, 1.165) is 55.2 Å². The highest BCUT2D eigenvalue weighted by Gasteiger charge is 2.26. The average molecular weight is 478 g/mol. The van der Waals surface area contributed by atoms with Crippen LogP contribution in [0.3, 0.4) is 0 Å². The standard InChI is InChI=1S/C26H35N7O2/c1-4-5-14-35-18(3)23-17(2)21-16-30-26(31-22-11-10-19(15-29-22)28-13-12-27)32-24(21)33(25(23)34)20-8-6-7-9-20/h10-11,15-16,20,28H,3-9,12-14,27H2,1-2H3,(H,29,30,31,32). The van der Waals surface area contributed by atoms with Crippen LogP contribution in [-0.4, -0.2) is 39.2 Å². The number of nitrogens with one attached hydrogen (secondary N) is 2. The number of nitrogens with zero attached hydrogens (tertiary/aromatic N) is 4. The summed E-state index contributed by atoms with van der Waals surface area (Å²) in [5.41, 5.74) is 8.27. The van der Waals surface area contributed by atoms with Crippen LogP contribution in [0.1, 0.15) is 62.6 Å². The molecule has 3 heterocycles. The van der Waals surface area contributed by atoms with Gasteiger partial charge in [0.05, 0.1) is 24.1 Å². The van der Waals surface area contributed by atoms with Crippen molar-refractivity contribution >= 4 is 34.2 Å². The first-order valence-corrected chi connectivity index (χ1v) is 12.4. The van der Waals surface area contributed by atoms with E-state index in [2.05, 4.69) is 34.1 Å². The van der Waals surface area contributed by atoms with Gasteiger partial charge in [0, 0.05) is 30.7 Å². The van der Waals surface area contributed by atoms with Crippen LogP contribution in [0.15, 0.2) is 35.9 Å². The topological polar surface area (TPSA) is 120 Å². The predicted octanol–water partition coefficient (Wildman–Crippen LogP) is 4.51. The molecule has 1 aliphatic carbocycles. The first kappa shape index (κ1) is 24.7. The van der Waals surface area contributed by atoms with Gasteiger partial charge in [0.25, 0.3) is 5.56 Å². The maximum Gasteiger partial charge on any atom is 0.263 e. The van der Waals surface area contributed by atoms with Crippen LogP contribution in [0.2, 0.25) is 0 Å². The van der Waals surface area contributed by atoms with Gasteiger partial charge in [-0.15, -0.1) is 0 Å².